The maximum Gasteiger partial charge on any atom is 0.246 e. The van der Waals surface area contributed by atoms with Crippen LogP contribution in [-0.2, 0) is 35.2 Å². The Morgan fingerprint density at radius 1 is 0.526 bits per heavy atom. The number of carbonyl (C=O) groups is 6. The van der Waals surface area contributed by atoms with Gasteiger partial charge in [0, 0.05) is 34.7 Å². The third kappa shape index (κ3) is 14.1. The lowest BCUT2D eigenvalue weighted by Crippen LogP contribution is -2.63. The Kier molecular flexibility index (Phi) is 21.0. The summed E-state index contributed by atoms with van der Waals surface area (Å²) < 4.78 is 0. The van der Waals surface area contributed by atoms with Crippen LogP contribution in [0.3, 0.4) is 0 Å². The van der Waals surface area contributed by atoms with Crippen LogP contribution in [0.5, 0.6) is 0 Å². The van der Waals surface area contributed by atoms with Crippen molar-refractivity contribution in [1.82, 2.24) is 35.6 Å². The van der Waals surface area contributed by atoms with Crippen LogP contribution in [0.2, 0.25) is 0 Å². The number of hydrogen-bond acceptors (Lipinski definition) is 7. The second-order valence-electron chi connectivity index (χ2n) is 17.8. The van der Waals surface area contributed by atoms with Gasteiger partial charge in [-0.15, -0.1) is 0 Å². The minimum absolute atomic E-state index is 0.210. The number of hydrogen-bond donors (Lipinski definition) is 3. The van der Waals surface area contributed by atoms with Gasteiger partial charge in [0.2, 0.25) is 35.4 Å². The number of amides is 6. The zero-order valence-electron chi connectivity index (χ0n) is 38.2. The Bertz CT molecular complexity index is 1460. The first-order valence-corrected chi connectivity index (χ1v) is 20.8. The molecule has 0 radical (unpaired) electrons. The van der Waals surface area contributed by atoms with Crippen molar-refractivity contribution in [2.45, 2.75) is 132 Å². The summed E-state index contributed by atoms with van der Waals surface area (Å²) in [4.78, 5) is 90.0. The molecule has 0 spiro atoms. The summed E-state index contributed by atoms with van der Waals surface area (Å²) in [5.74, 6) is -3.43. The van der Waals surface area contributed by atoms with Gasteiger partial charge in [-0.25, -0.2) is 0 Å². The van der Waals surface area contributed by atoms with Gasteiger partial charge in [-0.1, -0.05) is 113 Å². The highest BCUT2D eigenvalue weighted by atomic mass is 16.2. The summed E-state index contributed by atoms with van der Waals surface area (Å²) in [6.45, 7) is 23.0. The number of nitrogens with zero attached hydrogens (tertiary/aromatic N) is 4. The molecule has 1 rings (SSSR count). The molecule has 13 nitrogen and oxygen atoms in total. The molecular formula is C44H77N7O6. The fourth-order valence-electron chi connectivity index (χ4n) is 7.69. The largest absolute Gasteiger partial charge is 0.354 e. The van der Waals surface area contributed by atoms with Gasteiger partial charge in [0.1, 0.15) is 30.2 Å². The SMILES string of the molecule is CN[C@@H](CC(C)C)C(=O)N[C@H](C(=O)N(C)[C@H](C(=O)N(C)[C@H](C(=O)N(C)[C@H](C(=O)N(C)[C@H](C(=O)NCCc1ccccc1)C(C)C)C(C)C)C(C)C)C(C)C)C(C)C. The van der Waals surface area contributed by atoms with Gasteiger partial charge in [0.25, 0.3) is 0 Å². The predicted octanol–water partition coefficient (Wildman–Crippen LogP) is 4.05. The van der Waals surface area contributed by atoms with Crippen LogP contribution in [0.15, 0.2) is 30.3 Å². The fraction of sp³-hybridized carbons (Fsp3) is 0.727. The quantitative estimate of drug-likeness (QED) is 0.160. The van der Waals surface area contributed by atoms with Gasteiger partial charge in [0.15, 0.2) is 0 Å². The molecule has 0 aromatic heterocycles. The predicted molar refractivity (Wildman–Crippen MR) is 228 cm³/mol. The standard InChI is InChI=1S/C44H77N7O6/c1-26(2)25-33(45-13)39(52)47-34(27(3)4)41(54)49(15)36(29(7)8)43(56)51(17)38(31(11)12)44(57)50(16)37(30(9)10)42(55)48(14)35(28(5)6)40(53)46-24-23-32-21-19-18-20-22-32/h18-22,26-31,33-38,45H,23-25H2,1-17H3,(H,46,53)(H,47,52)/t33-,34-,35-,36-,37-,38-/m0/s1. The molecule has 0 aliphatic carbocycles. The Hall–Kier alpha value is -4.00. The average Bonchev–Trinajstić information content (AvgIpc) is 3.11. The Morgan fingerprint density at radius 3 is 1.26 bits per heavy atom. The zero-order valence-corrected chi connectivity index (χ0v) is 38.2. The van der Waals surface area contributed by atoms with E-state index in [1.165, 1.54) is 19.6 Å². The molecule has 0 heterocycles. The maximum atomic E-state index is 14.5. The number of rotatable bonds is 22. The average molecular weight is 800 g/mol. The van der Waals surface area contributed by atoms with Crippen LogP contribution in [0.4, 0.5) is 0 Å². The van der Waals surface area contributed by atoms with E-state index in [0.29, 0.717) is 19.4 Å². The van der Waals surface area contributed by atoms with E-state index in [2.05, 4.69) is 16.0 Å². The van der Waals surface area contributed by atoms with E-state index < -0.39 is 54.0 Å². The van der Waals surface area contributed by atoms with Crippen LogP contribution in [0.1, 0.15) is 95.1 Å². The lowest BCUT2D eigenvalue weighted by molar-refractivity contribution is -0.157. The smallest absolute Gasteiger partial charge is 0.246 e. The highest BCUT2D eigenvalue weighted by Crippen LogP contribution is 2.24. The van der Waals surface area contributed by atoms with Crippen molar-refractivity contribution in [3.63, 3.8) is 0 Å². The number of likely N-dealkylation sites (N-methyl/N-ethyl adjacent to an activating group) is 5. The van der Waals surface area contributed by atoms with Gasteiger partial charge >= 0.3 is 0 Å². The van der Waals surface area contributed by atoms with Crippen LogP contribution in [-0.4, -0.2) is 133 Å². The molecule has 0 fully saturated rings. The summed E-state index contributed by atoms with van der Waals surface area (Å²) in [7, 11) is 8.01. The molecule has 1 aromatic carbocycles. The number of benzene rings is 1. The monoisotopic (exact) mass is 800 g/mol. The van der Waals surface area contributed by atoms with Gasteiger partial charge in [-0.2, -0.15) is 0 Å². The van der Waals surface area contributed by atoms with Crippen LogP contribution in [0.25, 0.3) is 0 Å². The summed E-state index contributed by atoms with van der Waals surface area (Å²) in [6.07, 6.45) is 1.24. The first kappa shape index (κ1) is 51.0. The normalized spacial score (nSPS) is 14.9. The zero-order chi connectivity index (χ0) is 44.1. The summed E-state index contributed by atoms with van der Waals surface area (Å²) in [6, 6.07) is 4.85. The van der Waals surface area contributed by atoms with Crippen molar-refractivity contribution in [1.29, 1.82) is 0 Å². The third-order valence-electron chi connectivity index (χ3n) is 10.8. The van der Waals surface area contributed by atoms with Gasteiger partial charge < -0.3 is 35.6 Å². The van der Waals surface area contributed by atoms with E-state index in [0.717, 1.165) is 5.56 Å². The summed E-state index contributed by atoms with van der Waals surface area (Å²) in [5.41, 5.74) is 1.09. The van der Waals surface area contributed by atoms with E-state index in [1.54, 1.807) is 35.2 Å². The van der Waals surface area contributed by atoms with Gasteiger partial charge in [0.05, 0.1) is 6.04 Å². The lowest BCUT2D eigenvalue weighted by Gasteiger charge is -2.42. The van der Waals surface area contributed by atoms with Crippen LogP contribution in [0, 0.1) is 35.5 Å². The Labute approximate surface area is 344 Å². The highest BCUT2D eigenvalue weighted by Gasteiger charge is 2.44. The van der Waals surface area contributed by atoms with Gasteiger partial charge in [-0.05, 0) is 61.0 Å². The van der Waals surface area contributed by atoms with E-state index in [9.17, 15) is 28.8 Å². The molecule has 57 heavy (non-hydrogen) atoms. The first-order chi connectivity index (χ1) is 26.4. The van der Waals surface area contributed by atoms with Crippen LogP contribution >= 0.6 is 0 Å². The molecule has 6 atom stereocenters. The molecular weight excluding hydrogens is 723 g/mol. The molecule has 0 bridgehead atoms. The van der Waals surface area contributed by atoms with E-state index in [-0.39, 0.29) is 53.2 Å². The third-order valence-corrected chi connectivity index (χ3v) is 10.8. The minimum atomic E-state index is -0.971. The van der Waals surface area contributed by atoms with E-state index >= 15 is 0 Å². The van der Waals surface area contributed by atoms with E-state index in [4.69, 9.17) is 0 Å². The molecule has 0 saturated heterocycles. The van der Waals surface area contributed by atoms with Crippen LogP contribution < -0.4 is 16.0 Å². The van der Waals surface area contributed by atoms with Crippen molar-refractivity contribution < 1.29 is 28.8 Å². The van der Waals surface area contributed by atoms with Crippen molar-refractivity contribution in [3.8, 4) is 0 Å². The van der Waals surface area contributed by atoms with Gasteiger partial charge in [-0.3, -0.25) is 28.8 Å². The number of carbonyl (C=O) groups excluding carboxylic acids is 6. The van der Waals surface area contributed by atoms with E-state index in [1.807, 2.05) is 113 Å². The molecule has 0 saturated carbocycles. The van der Waals surface area contributed by atoms with Crippen molar-refractivity contribution in [3.05, 3.63) is 35.9 Å². The molecule has 6 amide bonds. The molecule has 0 aliphatic heterocycles. The molecule has 3 N–H and O–H groups in total. The summed E-state index contributed by atoms with van der Waals surface area (Å²) >= 11 is 0. The number of nitrogens with one attached hydrogen (secondary N) is 3. The van der Waals surface area contributed by atoms with Crippen molar-refractivity contribution in [2.24, 2.45) is 35.5 Å². The maximum absolute atomic E-state index is 14.5. The molecule has 13 heteroatoms. The fourth-order valence-corrected chi connectivity index (χ4v) is 7.69. The summed E-state index contributed by atoms with van der Waals surface area (Å²) in [5, 5.41) is 8.97. The second-order valence-corrected chi connectivity index (χ2v) is 17.8. The molecule has 0 unspecified atom stereocenters. The lowest BCUT2D eigenvalue weighted by atomic mass is 9.93. The molecule has 324 valence electrons. The Balaban J connectivity index is 3.37. The van der Waals surface area contributed by atoms with Crippen molar-refractivity contribution in [2.75, 3.05) is 41.8 Å². The second kappa shape index (κ2) is 23.4. The molecule has 0 aliphatic rings. The first-order valence-electron chi connectivity index (χ1n) is 20.8. The highest BCUT2D eigenvalue weighted by molar-refractivity contribution is 5.97. The Morgan fingerprint density at radius 2 is 0.912 bits per heavy atom. The molecule has 1 aromatic rings. The minimum Gasteiger partial charge on any atom is -0.354 e. The van der Waals surface area contributed by atoms with Crippen molar-refractivity contribution >= 4 is 35.4 Å². The topological polar surface area (TPSA) is 151 Å².